The van der Waals surface area contributed by atoms with Gasteiger partial charge in [-0.05, 0) is 54.3 Å². The number of thiophene rings is 1. The van der Waals surface area contributed by atoms with Crippen molar-refractivity contribution in [2.75, 3.05) is 14.2 Å². The zero-order chi connectivity index (χ0) is 22.7. The highest BCUT2D eigenvalue weighted by molar-refractivity contribution is 7.14. The predicted octanol–water partition coefficient (Wildman–Crippen LogP) is 7.08. The smallest absolute Gasteiger partial charge is 0.161 e. The number of rotatable bonds is 6. The van der Waals surface area contributed by atoms with E-state index in [0.29, 0.717) is 27.1 Å². The lowest BCUT2D eigenvalue weighted by Gasteiger charge is -2.15. The summed E-state index contributed by atoms with van der Waals surface area (Å²) in [4.78, 5) is 1.49. The maximum atomic E-state index is 9.69. The number of halogens is 1. The Bertz CT molecular complexity index is 1250. The fraction of sp³-hybridized carbons (Fsp3) is 0.192. The summed E-state index contributed by atoms with van der Waals surface area (Å²) in [7, 11) is 3.27. The van der Waals surface area contributed by atoms with Gasteiger partial charge in [-0.3, -0.25) is 0 Å². The van der Waals surface area contributed by atoms with Gasteiger partial charge in [0.05, 0.1) is 14.2 Å². The van der Waals surface area contributed by atoms with Crippen LogP contribution in [0, 0.1) is 11.3 Å². The number of methoxy groups -OCH3 is 2. The van der Waals surface area contributed by atoms with Crippen LogP contribution in [0.4, 0.5) is 0 Å². The van der Waals surface area contributed by atoms with Gasteiger partial charge in [-0.2, -0.15) is 5.26 Å². The second kappa shape index (κ2) is 9.52. The van der Waals surface area contributed by atoms with Crippen molar-refractivity contribution in [1.82, 2.24) is 0 Å². The first-order chi connectivity index (χ1) is 15.5. The summed E-state index contributed by atoms with van der Waals surface area (Å²) >= 11 is 7.73. The van der Waals surface area contributed by atoms with Crippen LogP contribution >= 0.6 is 22.9 Å². The van der Waals surface area contributed by atoms with E-state index in [4.69, 9.17) is 25.8 Å². The number of ether oxygens (including phenoxy) is 3. The molecule has 0 saturated carbocycles. The van der Waals surface area contributed by atoms with Crippen molar-refractivity contribution >= 4 is 34.6 Å². The van der Waals surface area contributed by atoms with Crippen molar-refractivity contribution in [1.29, 1.82) is 5.26 Å². The van der Waals surface area contributed by atoms with E-state index in [0.717, 1.165) is 33.6 Å². The predicted molar refractivity (Wildman–Crippen MR) is 130 cm³/mol. The highest BCUT2D eigenvalue weighted by atomic mass is 35.5. The molecule has 0 bridgehead atoms. The second-order valence-corrected chi connectivity index (χ2v) is 8.77. The van der Waals surface area contributed by atoms with Crippen LogP contribution in [0.2, 0.25) is 5.02 Å². The van der Waals surface area contributed by atoms with Gasteiger partial charge in [0.25, 0.3) is 0 Å². The Kier molecular flexibility index (Phi) is 6.55. The molecule has 1 heterocycles. The van der Waals surface area contributed by atoms with E-state index in [1.54, 1.807) is 14.2 Å². The Morgan fingerprint density at radius 2 is 1.81 bits per heavy atom. The normalized spacial score (nSPS) is 13.4. The van der Waals surface area contributed by atoms with Crippen LogP contribution in [0.5, 0.6) is 17.2 Å². The van der Waals surface area contributed by atoms with E-state index in [2.05, 4.69) is 24.3 Å². The van der Waals surface area contributed by atoms with Gasteiger partial charge >= 0.3 is 0 Å². The van der Waals surface area contributed by atoms with Crippen LogP contribution < -0.4 is 14.2 Å². The number of hydrogen-bond donors (Lipinski definition) is 0. The van der Waals surface area contributed by atoms with Crippen molar-refractivity contribution in [3.63, 3.8) is 0 Å². The van der Waals surface area contributed by atoms with Gasteiger partial charge in [-0.25, -0.2) is 0 Å². The summed E-state index contributed by atoms with van der Waals surface area (Å²) < 4.78 is 17.1. The average molecular weight is 464 g/mol. The van der Waals surface area contributed by atoms with Crippen LogP contribution in [0.25, 0.3) is 11.6 Å². The molecule has 0 aliphatic heterocycles. The molecular formula is C26H22ClNO3S. The first kappa shape index (κ1) is 22.0. The van der Waals surface area contributed by atoms with E-state index in [1.165, 1.54) is 11.3 Å². The summed E-state index contributed by atoms with van der Waals surface area (Å²) in [6, 6.07) is 15.8. The third-order valence-corrected chi connectivity index (χ3v) is 6.74. The molecule has 4 rings (SSSR count). The van der Waals surface area contributed by atoms with Gasteiger partial charge in [-0.15, -0.1) is 11.3 Å². The van der Waals surface area contributed by atoms with Gasteiger partial charge in [-0.1, -0.05) is 42.0 Å². The fourth-order valence-corrected chi connectivity index (χ4v) is 4.84. The van der Waals surface area contributed by atoms with Gasteiger partial charge in [0.2, 0.25) is 0 Å². The first-order valence-corrected chi connectivity index (χ1v) is 11.3. The molecule has 0 fully saturated rings. The quantitative estimate of drug-likeness (QED) is 0.391. The molecule has 0 saturated heterocycles. The lowest BCUT2D eigenvalue weighted by Crippen LogP contribution is -2.03. The number of hydrogen-bond acceptors (Lipinski definition) is 5. The minimum absolute atomic E-state index is 0.283. The molecule has 3 aromatic rings. The summed E-state index contributed by atoms with van der Waals surface area (Å²) in [6.45, 7) is 1.93. The Hall–Kier alpha value is -3.20. The molecule has 6 heteroatoms. The lowest BCUT2D eigenvalue weighted by atomic mass is 10.0. The largest absolute Gasteiger partial charge is 0.493 e. The van der Waals surface area contributed by atoms with Crippen LogP contribution in [-0.2, 0) is 6.42 Å². The molecule has 1 atom stereocenters. The van der Waals surface area contributed by atoms with Crippen molar-refractivity contribution < 1.29 is 14.2 Å². The SMILES string of the molecule is COc1cc2c(cc1OC)CC=CC(c1cc(O[C@H](C)c3ccccc3Cl)c(C#N)s1)=C2. The molecular weight excluding hydrogens is 442 g/mol. The minimum atomic E-state index is -0.283. The second-order valence-electron chi connectivity index (χ2n) is 7.31. The monoisotopic (exact) mass is 463 g/mol. The van der Waals surface area contributed by atoms with Crippen LogP contribution in [-0.4, -0.2) is 14.2 Å². The molecule has 0 N–H and O–H groups in total. The standard InChI is InChI=1S/C26H22ClNO3S/c1-16(20-9-4-5-10-21(20)27)31-24-14-25(32-26(24)15-28)18-8-6-7-17-12-22(29-2)23(30-3)13-19(17)11-18/h4-6,8-14,16H,7H2,1-3H3/t16-/m1/s1. The molecule has 0 radical (unpaired) electrons. The van der Waals surface area contributed by atoms with Crippen molar-refractivity contribution in [3.8, 4) is 23.3 Å². The molecule has 2 aromatic carbocycles. The summed E-state index contributed by atoms with van der Waals surface area (Å²) in [5.41, 5.74) is 4.10. The summed E-state index contributed by atoms with van der Waals surface area (Å²) in [6.07, 6.45) is 6.79. The molecule has 1 aliphatic carbocycles. The minimum Gasteiger partial charge on any atom is -0.493 e. The van der Waals surface area contributed by atoms with Gasteiger partial charge in [0, 0.05) is 21.5 Å². The van der Waals surface area contributed by atoms with Crippen LogP contribution in [0.1, 0.15) is 39.5 Å². The Morgan fingerprint density at radius 3 is 2.53 bits per heavy atom. The average Bonchev–Trinajstić information content (AvgIpc) is 3.09. The maximum Gasteiger partial charge on any atom is 0.161 e. The number of nitriles is 1. The van der Waals surface area contributed by atoms with Gasteiger partial charge < -0.3 is 14.2 Å². The third-order valence-electron chi connectivity index (χ3n) is 5.32. The summed E-state index contributed by atoms with van der Waals surface area (Å²) in [5, 5.41) is 10.3. The zero-order valence-corrected chi connectivity index (χ0v) is 19.6. The van der Waals surface area contributed by atoms with E-state index in [9.17, 15) is 5.26 Å². The highest BCUT2D eigenvalue weighted by Gasteiger charge is 2.19. The highest BCUT2D eigenvalue weighted by Crippen LogP contribution is 2.40. The van der Waals surface area contributed by atoms with Crippen molar-refractivity contribution in [2.24, 2.45) is 0 Å². The topological polar surface area (TPSA) is 51.5 Å². The lowest BCUT2D eigenvalue weighted by molar-refractivity contribution is 0.227. The van der Waals surface area contributed by atoms with Crippen molar-refractivity contribution in [3.05, 3.63) is 86.1 Å². The molecule has 0 amide bonds. The maximum absolute atomic E-state index is 9.69. The Labute approximate surface area is 196 Å². The van der Waals surface area contributed by atoms with Crippen LogP contribution in [0.15, 0.2) is 54.6 Å². The molecule has 1 aromatic heterocycles. The number of nitrogens with zero attached hydrogens (tertiary/aromatic N) is 1. The van der Waals surface area contributed by atoms with Crippen molar-refractivity contribution in [2.45, 2.75) is 19.4 Å². The molecule has 162 valence electrons. The van der Waals surface area contributed by atoms with E-state index >= 15 is 0 Å². The number of allylic oxidation sites excluding steroid dienone is 3. The first-order valence-electron chi connectivity index (χ1n) is 10.1. The molecule has 0 spiro atoms. The molecule has 32 heavy (non-hydrogen) atoms. The molecule has 0 unspecified atom stereocenters. The molecule has 1 aliphatic rings. The number of benzene rings is 2. The third kappa shape index (κ3) is 4.38. The van der Waals surface area contributed by atoms with Crippen LogP contribution in [0.3, 0.4) is 0 Å². The Morgan fingerprint density at radius 1 is 1.06 bits per heavy atom. The Balaban J connectivity index is 1.69. The molecule has 4 nitrogen and oxygen atoms in total. The number of fused-ring (bicyclic) bond motifs is 1. The van der Waals surface area contributed by atoms with E-state index < -0.39 is 0 Å². The summed E-state index contributed by atoms with van der Waals surface area (Å²) in [5.74, 6) is 1.96. The zero-order valence-electron chi connectivity index (χ0n) is 18.0. The van der Waals surface area contributed by atoms with E-state index in [1.807, 2.05) is 49.4 Å². The van der Waals surface area contributed by atoms with E-state index in [-0.39, 0.29) is 6.10 Å². The van der Waals surface area contributed by atoms with Gasteiger partial charge in [0.1, 0.15) is 22.8 Å². The van der Waals surface area contributed by atoms with Gasteiger partial charge in [0.15, 0.2) is 11.5 Å². The fourth-order valence-electron chi connectivity index (χ4n) is 3.67.